The minimum atomic E-state index is -0.437. The van der Waals surface area contributed by atoms with Crippen LogP contribution in [0, 0.1) is 0 Å². The zero-order valence-corrected chi connectivity index (χ0v) is 10.4. The van der Waals surface area contributed by atoms with Gasteiger partial charge in [0.25, 0.3) is 0 Å². The number of alkyl carbamates (subject to hydrolysis) is 1. The Hall–Kier alpha value is -2.49. The summed E-state index contributed by atoms with van der Waals surface area (Å²) in [5.41, 5.74) is 0.962. The Morgan fingerprint density at radius 3 is 2.79 bits per heavy atom. The van der Waals surface area contributed by atoms with Crippen molar-refractivity contribution in [2.75, 3.05) is 6.54 Å². The Labute approximate surface area is 111 Å². The van der Waals surface area contributed by atoms with Crippen LogP contribution >= 0.6 is 0 Å². The minimum Gasteiger partial charge on any atom is -0.465 e. The maximum atomic E-state index is 11.4. The molecule has 0 unspecified atom stereocenters. The summed E-state index contributed by atoms with van der Waals surface area (Å²) < 4.78 is 10.2. The zero-order chi connectivity index (χ0) is 13.3. The number of nitrogens with one attached hydrogen (secondary N) is 1. The Morgan fingerprint density at radius 2 is 2.05 bits per heavy atom. The van der Waals surface area contributed by atoms with E-state index in [0.717, 1.165) is 11.3 Å². The zero-order valence-electron chi connectivity index (χ0n) is 10.4. The van der Waals surface area contributed by atoms with Gasteiger partial charge in [0.15, 0.2) is 0 Å². The minimum absolute atomic E-state index is 0.272. The maximum absolute atomic E-state index is 11.4. The van der Waals surface area contributed by atoms with Crippen LogP contribution in [0.15, 0.2) is 59.2 Å². The van der Waals surface area contributed by atoms with Crippen LogP contribution in [0.4, 0.5) is 4.79 Å². The van der Waals surface area contributed by atoms with Gasteiger partial charge in [-0.25, -0.2) is 4.79 Å². The number of carbonyl (C=O) groups is 1. The molecule has 1 aromatic carbocycles. The first-order chi connectivity index (χ1) is 9.34. The molecule has 0 saturated carbocycles. The second-order valence-corrected chi connectivity index (χ2v) is 3.86. The smallest absolute Gasteiger partial charge is 0.407 e. The van der Waals surface area contributed by atoms with Crippen LogP contribution in [-0.4, -0.2) is 12.6 Å². The van der Waals surface area contributed by atoms with E-state index in [1.54, 1.807) is 24.5 Å². The summed E-state index contributed by atoms with van der Waals surface area (Å²) in [6.45, 7) is 0.670. The first-order valence-electron chi connectivity index (χ1n) is 5.99. The lowest BCUT2D eigenvalue weighted by Gasteiger charge is -2.04. The quantitative estimate of drug-likeness (QED) is 0.894. The molecule has 1 N–H and O–H groups in total. The lowest BCUT2D eigenvalue weighted by Crippen LogP contribution is -2.24. The molecule has 98 valence electrons. The van der Waals surface area contributed by atoms with E-state index in [1.807, 2.05) is 36.4 Å². The van der Waals surface area contributed by atoms with E-state index in [9.17, 15) is 4.79 Å². The number of amides is 1. The average molecular weight is 257 g/mol. The van der Waals surface area contributed by atoms with Crippen LogP contribution in [0.5, 0.6) is 0 Å². The van der Waals surface area contributed by atoms with Gasteiger partial charge in [-0.1, -0.05) is 36.4 Å². The van der Waals surface area contributed by atoms with Crippen LogP contribution < -0.4 is 5.32 Å². The molecule has 0 aliphatic carbocycles. The van der Waals surface area contributed by atoms with E-state index < -0.39 is 6.09 Å². The normalized spacial score (nSPS) is 10.5. The third-order valence-corrected chi connectivity index (χ3v) is 2.40. The van der Waals surface area contributed by atoms with Crippen molar-refractivity contribution in [3.63, 3.8) is 0 Å². The standard InChI is InChI=1S/C15H15NO3/c17-15(19-12-13-6-2-1-3-7-13)16-10-4-8-14-9-5-11-18-14/h1-9,11H,10,12H2,(H,16,17). The predicted octanol–water partition coefficient (Wildman–Crippen LogP) is 3.22. The van der Waals surface area contributed by atoms with Gasteiger partial charge in [-0.05, 0) is 23.8 Å². The van der Waals surface area contributed by atoms with Crippen LogP contribution in [0.1, 0.15) is 11.3 Å². The summed E-state index contributed by atoms with van der Waals surface area (Å²) in [4.78, 5) is 11.4. The molecule has 4 nitrogen and oxygen atoms in total. The summed E-state index contributed by atoms with van der Waals surface area (Å²) in [6, 6.07) is 13.2. The molecule has 0 bridgehead atoms. The Kier molecular flexibility index (Phi) is 4.81. The van der Waals surface area contributed by atoms with E-state index in [-0.39, 0.29) is 6.61 Å². The van der Waals surface area contributed by atoms with Gasteiger partial charge in [-0.2, -0.15) is 0 Å². The van der Waals surface area contributed by atoms with E-state index in [0.29, 0.717) is 6.54 Å². The predicted molar refractivity (Wildman–Crippen MR) is 72.4 cm³/mol. The third-order valence-electron chi connectivity index (χ3n) is 2.40. The van der Waals surface area contributed by atoms with E-state index in [2.05, 4.69) is 5.32 Å². The highest BCUT2D eigenvalue weighted by Gasteiger charge is 2.00. The van der Waals surface area contributed by atoms with Gasteiger partial charge in [0.1, 0.15) is 12.4 Å². The largest absolute Gasteiger partial charge is 0.465 e. The molecular formula is C15H15NO3. The molecule has 0 saturated heterocycles. The van der Waals surface area contributed by atoms with Crippen molar-refractivity contribution in [2.24, 2.45) is 0 Å². The number of hydrogen-bond acceptors (Lipinski definition) is 3. The number of hydrogen-bond donors (Lipinski definition) is 1. The van der Waals surface area contributed by atoms with Crippen molar-refractivity contribution < 1.29 is 13.9 Å². The van der Waals surface area contributed by atoms with Crippen molar-refractivity contribution >= 4 is 12.2 Å². The van der Waals surface area contributed by atoms with Crippen LogP contribution in [-0.2, 0) is 11.3 Å². The second kappa shape index (κ2) is 7.06. The third kappa shape index (κ3) is 4.71. The number of benzene rings is 1. The summed E-state index contributed by atoms with van der Waals surface area (Å²) in [7, 11) is 0. The fourth-order valence-electron chi connectivity index (χ4n) is 1.48. The molecule has 1 aromatic heterocycles. The highest BCUT2D eigenvalue weighted by atomic mass is 16.5. The average Bonchev–Trinajstić information content (AvgIpc) is 2.96. The molecule has 1 heterocycles. The maximum Gasteiger partial charge on any atom is 0.407 e. The van der Waals surface area contributed by atoms with E-state index in [4.69, 9.17) is 9.15 Å². The molecule has 2 rings (SSSR count). The molecule has 0 aliphatic heterocycles. The molecule has 0 radical (unpaired) electrons. The van der Waals surface area contributed by atoms with Gasteiger partial charge in [-0.3, -0.25) is 0 Å². The first kappa shape index (κ1) is 13.0. The molecule has 0 fully saturated rings. The molecule has 0 atom stereocenters. The molecule has 4 heteroatoms. The van der Waals surface area contributed by atoms with Crippen molar-refractivity contribution in [2.45, 2.75) is 6.61 Å². The molecule has 19 heavy (non-hydrogen) atoms. The topological polar surface area (TPSA) is 51.5 Å². The highest BCUT2D eigenvalue weighted by molar-refractivity contribution is 5.67. The van der Waals surface area contributed by atoms with Crippen LogP contribution in [0.2, 0.25) is 0 Å². The monoisotopic (exact) mass is 257 g/mol. The van der Waals surface area contributed by atoms with Crippen molar-refractivity contribution in [1.82, 2.24) is 5.32 Å². The SMILES string of the molecule is O=C(NCC=Cc1ccco1)OCc1ccccc1. The summed E-state index contributed by atoms with van der Waals surface area (Å²) in [6.07, 6.45) is 4.74. The van der Waals surface area contributed by atoms with Crippen molar-refractivity contribution in [3.05, 3.63) is 66.1 Å². The Morgan fingerprint density at radius 1 is 1.21 bits per heavy atom. The molecule has 0 aliphatic rings. The molecule has 1 amide bonds. The lowest BCUT2D eigenvalue weighted by molar-refractivity contribution is 0.141. The fourth-order valence-corrected chi connectivity index (χ4v) is 1.48. The number of carbonyl (C=O) groups excluding carboxylic acids is 1. The summed E-state index contributed by atoms with van der Waals surface area (Å²) in [5, 5.41) is 2.63. The van der Waals surface area contributed by atoms with Crippen molar-refractivity contribution in [1.29, 1.82) is 0 Å². The van der Waals surface area contributed by atoms with Crippen LogP contribution in [0.3, 0.4) is 0 Å². The van der Waals surface area contributed by atoms with Crippen molar-refractivity contribution in [3.8, 4) is 0 Å². The second-order valence-electron chi connectivity index (χ2n) is 3.86. The van der Waals surface area contributed by atoms with Gasteiger partial charge in [0.2, 0.25) is 0 Å². The summed E-state index contributed by atoms with van der Waals surface area (Å²) >= 11 is 0. The van der Waals surface area contributed by atoms with Gasteiger partial charge in [0.05, 0.1) is 6.26 Å². The van der Waals surface area contributed by atoms with Gasteiger partial charge >= 0.3 is 6.09 Å². The van der Waals surface area contributed by atoms with Gasteiger partial charge < -0.3 is 14.5 Å². The summed E-state index contributed by atoms with van der Waals surface area (Å²) in [5.74, 6) is 0.749. The molecule has 2 aromatic rings. The molecule has 0 spiro atoms. The number of furan rings is 1. The highest BCUT2D eigenvalue weighted by Crippen LogP contribution is 2.02. The number of rotatable bonds is 5. The Bertz CT molecular complexity index is 518. The Balaban J connectivity index is 1.65. The molecular weight excluding hydrogens is 242 g/mol. The van der Waals surface area contributed by atoms with E-state index in [1.165, 1.54) is 0 Å². The fraction of sp³-hybridized carbons (Fsp3) is 0.133. The first-order valence-corrected chi connectivity index (χ1v) is 5.99. The van der Waals surface area contributed by atoms with E-state index >= 15 is 0 Å². The van der Waals surface area contributed by atoms with Crippen LogP contribution in [0.25, 0.3) is 6.08 Å². The number of ether oxygens (including phenoxy) is 1. The van der Waals surface area contributed by atoms with Gasteiger partial charge in [-0.15, -0.1) is 0 Å². The lowest BCUT2D eigenvalue weighted by atomic mass is 10.2. The van der Waals surface area contributed by atoms with Gasteiger partial charge in [0, 0.05) is 6.54 Å².